The summed E-state index contributed by atoms with van der Waals surface area (Å²) in [6.45, 7) is 4.32. The second kappa shape index (κ2) is 7.52. The summed E-state index contributed by atoms with van der Waals surface area (Å²) < 4.78 is 7.33. The van der Waals surface area contributed by atoms with Crippen LogP contribution in [-0.4, -0.2) is 39.1 Å². The van der Waals surface area contributed by atoms with E-state index in [2.05, 4.69) is 51.9 Å². The van der Waals surface area contributed by atoms with Crippen LogP contribution in [0.2, 0.25) is 0 Å². The molecular formula is C16H21N5OS. The van der Waals surface area contributed by atoms with Gasteiger partial charge >= 0.3 is 0 Å². The van der Waals surface area contributed by atoms with Gasteiger partial charge in [-0.1, -0.05) is 29.8 Å². The third-order valence-electron chi connectivity index (χ3n) is 3.74. The molecule has 6 nitrogen and oxygen atoms in total. The van der Waals surface area contributed by atoms with Crippen molar-refractivity contribution >= 4 is 23.3 Å². The van der Waals surface area contributed by atoms with Gasteiger partial charge in [0.2, 0.25) is 5.95 Å². The van der Waals surface area contributed by atoms with Gasteiger partial charge in [-0.15, -0.1) is 5.10 Å². The van der Waals surface area contributed by atoms with Gasteiger partial charge in [-0.3, -0.25) is 5.32 Å². The fourth-order valence-corrected chi connectivity index (χ4v) is 2.64. The first-order chi connectivity index (χ1) is 11.2. The van der Waals surface area contributed by atoms with Gasteiger partial charge in [-0.2, -0.15) is 0 Å². The van der Waals surface area contributed by atoms with Gasteiger partial charge in [0.25, 0.3) is 0 Å². The number of benzene rings is 1. The summed E-state index contributed by atoms with van der Waals surface area (Å²) in [6, 6.07) is 8.38. The Morgan fingerprint density at radius 1 is 1.39 bits per heavy atom. The zero-order valence-electron chi connectivity index (χ0n) is 13.2. The summed E-state index contributed by atoms with van der Waals surface area (Å²) in [5.41, 5.74) is 2.43. The quantitative estimate of drug-likeness (QED) is 0.818. The molecule has 3 rings (SSSR count). The summed E-state index contributed by atoms with van der Waals surface area (Å²) in [4.78, 5) is 4.23. The Balaban J connectivity index is 1.48. The molecule has 0 radical (unpaired) electrons. The number of ether oxygens (including phenoxy) is 1. The third-order valence-corrected chi connectivity index (χ3v) is 3.99. The van der Waals surface area contributed by atoms with E-state index in [-0.39, 0.29) is 6.10 Å². The zero-order chi connectivity index (χ0) is 16.1. The topological polar surface area (TPSA) is 64.0 Å². The molecule has 1 aliphatic heterocycles. The molecule has 2 N–H and O–H groups in total. The van der Waals surface area contributed by atoms with E-state index >= 15 is 0 Å². The van der Waals surface area contributed by atoms with Crippen LogP contribution in [0.5, 0.6) is 0 Å². The average Bonchev–Trinajstić information content (AvgIpc) is 3.20. The summed E-state index contributed by atoms with van der Waals surface area (Å²) in [5, 5.41) is 11.1. The lowest BCUT2D eigenvalue weighted by atomic mass is 10.1. The number of nitrogens with zero attached hydrogens (tertiary/aromatic N) is 3. The van der Waals surface area contributed by atoms with E-state index in [4.69, 9.17) is 17.0 Å². The van der Waals surface area contributed by atoms with Crippen LogP contribution in [0.4, 0.5) is 5.95 Å². The Morgan fingerprint density at radius 2 is 2.22 bits per heavy atom. The van der Waals surface area contributed by atoms with E-state index in [1.54, 1.807) is 11.0 Å². The number of anilines is 1. The smallest absolute Gasteiger partial charge is 0.248 e. The molecule has 1 fully saturated rings. The van der Waals surface area contributed by atoms with E-state index < -0.39 is 0 Å². The SMILES string of the molecule is Cc1ccc(Cn2cnc(NC(=S)NCC3CCCO3)n2)cc1. The minimum absolute atomic E-state index is 0.252. The van der Waals surface area contributed by atoms with Gasteiger partial charge in [0.05, 0.1) is 12.6 Å². The van der Waals surface area contributed by atoms with Crippen LogP contribution in [0.15, 0.2) is 30.6 Å². The fraction of sp³-hybridized carbons (Fsp3) is 0.438. The van der Waals surface area contributed by atoms with Crippen molar-refractivity contribution in [3.8, 4) is 0 Å². The van der Waals surface area contributed by atoms with E-state index in [9.17, 15) is 0 Å². The van der Waals surface area contributed by atoms with E-state index in [1.807, 2.05) is 0 Å². The highest BCUT2D eigenvalue weighted by molar-refractivity contribution is 7.80. The van der Waals surface area contributed by atoms with Gasteiger partial charge in [0.15, 0.2) is 5.11 Å². The second-order valence-electron chi connectivity index (χ2n) is 5.72. The molecule has 2 heterocycles. The van der Waals surface area contributed by atoms with Gasteiger partial charge in [-0.25, -0.2) is 9.67 Å². The van der Waals surface area contributed by atoms with Crippen LogP contribution in [0.3, 0.4) is 0 Å². The molecule has 1 unspecified atom stereocenters. The molecule has 1 saturated heterocycles. The predicted molar refractivity (Wildman–Crippen MR) is 93.5 cm³/mol. The zero-order valence-corrected chi connectivity index (χ0v) is 14.0. The summed E-state index contributed by atoms with van der Waals surface area (Å²) in [6.07, 6.45) is 4.16. The Morgan fingerprint density at radius 3 is 2.96 bits per heavy atom. The van der Waals surface area contributed by atoms with Crippen molar-refractivity contribution in [2.45, 2.75) is 32.4 Å². The number of hydrogen-bond donors (Lipinski definition) is 2. The Hall–Kier alpha value is -1.99. The highest BCUT2D eigenvalue weighted by atomic mass is 32.1. The molecular weight excluding hydrogens is 310 g/mol. The van der Waals surface area contributed by atoms with Crippen molar-refractivity contribution in [3.63, 3.8) is 0 Å². The summed E-state index contributed by atoms with van der Waals surface area (Å²) >= 11 is 5.26. The first-order valence-electron chi connectivity index (χ1n) is 7.80. The number of aryl methyl sites for hydroxylation is 1. The monoisotopic (exact) mass is 331 g/mol. The van der Waals surface area contributed by atoms with Crippen molar-refractivity contribution in [2.75, 3.05) is 18.5 Å². The minimum Gasteiger partial charge on any atom is -0.376 e. The van der Waals surface area contributed by atoms with Crippen molar-refractivity contribution < 1.29 is 4.74 Å². The molecule has 7 heteroatoms. The highest BCUT2D eigenvalue weighted by Gasteiger charge is 2.15. The van der Waals surface area contributed by atoms with Gasteiger partial charge in [0.1, 0.15) is 6.33 Å². The van der Waals surface area contributed by atoms with Crippen LogP contribution < -0.4 is 10.6 Å². The summed E-state index contributed by atoms with van der Waals surface area (Å²) in [7, 11) is 0. The molecule has 1 aliphatic rings. The van der Waals surface area contributed by atoms with Crippen LogP contribution in [0.1, 0.15) is 24.0 Å². The molecule has 0 saturated carbocycles. The maximum atomic E-state index is 5.55. The maximum Gasteiger partial charge on any atom is 0.248 e. The standard InChI is InChI=1S/C16H21N5OS/c1-12-4-6-13(7-5-12)10-21-11-18-15(20-21)19-16(23)17-9-14-3-2-8-22-14/h4-7,11,14H,2-3,8-10H2,1H3,(H2,17,19,20,23). The van der Waals surface area contributed by atoms with E-state index in [0.717, 1.165) is 26.0 Å². The number of rotatable bonds is 5. The molecule has 0 bridgehead atoms. The van der Waals surface area contributed by atoms with Crippen LogP contribution in [-0.2, 0) is 11.3 Å². The van der Waals surface area contributed by atoms with Gasteiger partial charge in [0, 0.05) is 13.2 Å². The van der Waals surface area contributed by atoms with Crippen LogP contribution in [0, 0.1) is 6.92 Å². The van der Waals surface area contributed by atoms with Gasteiger partial charge in [-0.05, 0) is 37.5 Å². The molecule has 0 spiro atoms. The van der Waals surface area contributed by atoms with Crippen LogP contribution >= 0.6 is 12.2 Å². The molecule has 1 aromatic heterocycles. The lowest BCUT2D eigenvalue weighted by molar-refractivity contribution is 0.114. The maximum absolute atomic E-state index is 5.55. The molecule has 2 aromatic rings. The largest absolute Gasteiger partial charge is 0.376 e. The molecule has 1 atom stereocenters. The fourth-order valence-electron chi connectivity index (χ4n) is 2.47. The molecule has 0 aliphatic carbocycles. The third kappa shape index (κ3) is 4.74. The number of thiocarbonyl (C=S) groups is 1. The highest BCUT2D eigenvalue weighted by Crippen LogP contribution is 2.10. The van der Waals surface area contributed by atoms with Crippen molar-refractivity contribution in [1.82, 2.24) is 20.1 Å². The molecule has 1 aromatic carbocycles. The Bertz CT molecular complexity index is 649. The van der Waals surface area contributed by atoms with Crippen molar-refractivity contribution in [3.05, 3.63) is 41.7 Å². The van der Waals surface area contributed by atoms with Crippen LogP contribution in [0.25, 0.3) is 0 Å². The predicted octanol–water partition coefficient (Wildman–Crippen LogP) is 2.10. The van der Waals surface area contributed by atoms with E-state index in [0.29, 0.717) is 17.6 Å². The van der Waals surface area contributed by atoms with E-state index in [1.165, 1.54) is 11.1 Å². The van der Waals surface area contributed by atoms with Crippen molar-refractivity contribution in [2.24, 2.45) is 0 Å². The first-order valence-corrected chi connectivity index (χ1v) is 8.21. The lowest BCUT2D eigenvalue weighted by Gasteiger charge is -2.12. The second-order valence-corrected chi connectivity index (χ2v) is 6.13. The number of nitrogens with one attached hydrogen (secondary N) is 2. The van der Waals surface area contributed by atoms with Gasteiger partial charge < -0.3 is 10.1 Å². The Labute approximate surface area is 141 Å². The normalized spacial score (nSPS) is 17.2. The number of hydrogen-bond acceptors (Lipinski definition) is 4. The minimum atomic E-state index is 0.252. The summed E-state index contributed by atoms with van der Waals surface area (Å²) in [5.74, 6) is 0.502. The molecule has 23 heavy (non-hydrogen) atoms. The van der Waals surface area contributed by atoms with Crippen molar-refractivity contribution in [1.29, 1.82) is 0 Å². The lowest BCUT2D eigenvalue weighted by Crippen LogP contribution is -2.35. The number of aromatic nitrogens is 3. The average molecular weight is 331 g/mol. The first kappa shape index (κ1) is 15.9. The Kier molecular flexibility index (Phi) is 5.19. The molecule has 0 amide bonds. The molecule has 122 valence electrons.